The van der Waals surface area contributed by atoms with E-state index < -0.39 is 11.9 Å². The average Bonchev–Trinajstić information content (AvgIpc) is 3.44. The van der Waals surface area contributed by atoms with Gasteiger partial charge in [-0.15, -0.1) is 0 Å². The largest absolute Gasteiger partial charge is 0.481 e. The Morgan fingerprint density at radius 2 is 1.52 bits per heavy atom. The van der Waals surface area contributed by atoms with Gasteiger partial charge in [0.05, 0.1) is 12.0 Å². The minimum absolute atomic E-state index is 0.0151. The summed E-state index contributed by atoms with van der Waals surface area (Å²) >= 11 is 0. The molecule has 31 heavy (non-hydrogen) atoms. The van der Waals surface area contributed by atoms with E-state index in [0.29, 0.717) is 19.4 Å². The van der Waals surface area contributed by atoms with Gasteiger partial charge in [-0.2, -0.15) is 0 Å². The number of carboxylic acid groups (broad SMARTS) is 1. The highest BCUT2D eigenvalue weighted by Crippen LogP contribution is 2.45. The van der Waals surface area contributed by atoms with Crippen molar-refractivity contribution < 1.29 is 19.4 Å². The predicted molar refractivity (Wildman–Crippen MR) is 118 cm³/mol. The number of carbonyl (C=O) groups excluding carboxylic acids is 1. The summed E-state index contributed by atoms with van der Waals surface area (Å²) in [5.74, 6) is -0.992. The van der Waals surface area contributed by atoms with E-state index in [2.05, 4.69) is 24.3 Å². The summed E-state index contributed by atoms with van der Waals surface area (Å²) in [5, 5.41) is 9.81. The van der Waals surface area contributed by atoms with Gasteiger partial charge in [0, 0.05) is 12.5 Å². The Balaban J connectivity index is 1.35. The molecule has 2 aliphatic carbocycles. The summed E-state index contributed by atoms with van der Waals surface area (Å²) in [5.41, 5.74) is 4.77. The van der Waals surface area contributed by atoms with Gasteiger partial charge >= 0.3 is 12.1 Å². The van der Waals surface area contributed by atoms with Gasteiger partial charge in [0.25, 0.3) is 0 Å². The molecule has 1 saturated heterocycles. The molecule has 2 atom stereocenters. The Labute approximate surface area is 183 Å². The number of aliphatic carboxylic acids is 1. The molecule has 0 unspecified atom stereocenters. The zero-order valence-electron chi connectivity index (χ0n) is 17.7. The van der Waals surface area contributed by atoms with E-state index in [9.17, 15) is 14.7 Å². The second-order valence-electron chi connectivity index (χ2n) is 9.12. The van der Waals surface area contributed by atoms with Crippen molar-refractivity contribution in [2.75, 3.05) is 13.2 Å². The number of carboxylic acids is 1. The van der Waals surface area contributed by atoms with Crippen molar-refractivity contribution in [2.45, 2.75) is 50.5 Å². The summed E-state index contributed by atoms with van der Waals surface area (Å²) in [7, 11) is 0. The van der Waals surface area contributed by atoms with Gasteiger partial charge in [-0.3, -0.25) is 4.79 Å². The third-order valence-corrected chi connectivity index (χ3v) is 7.46. The van der Waals surface area contributed by atoms with E-state index in [1.165, 1.54) is 22.3 Å². The number of rotatable bonds is 4. The van der Waals surface area contributed by atoms with Crippen LogP contribution in [0.5, 0.6) is 0 Å². The molecule has 1 amide bonds. The van der Waals surface area contributed by atoms with Crippen LogP contribution in [0.15, 0.2) is 48.5 Å². The van der Waals surface area contributed by atoms with Crippen molar-refractivity contribution in [3.63, 3.8) is 0 Å². The minimum Gasteiger partial charge on any atom is -0.481 e. The molecule has 2 fully saturated rings. The van der Waals surface area contributed by atoms with Crippen LogP contribution in [-0.2, 0) is 9.53 Å². The Hall–Kier alpha value is -2.82. The molecule has 0 aromatic heterocycles. The molecule has 3 aliphatic rings. The van der Waals surface area contributed by atoms with Gasteiger partial charge in [0.2, 0.25) is 0 Å². The van der Waals surface area contributed by atoms with Crippen molar-refractivity contribution in [1.29, 1.82) is 0 Å². The highest BCUT2D eigenvalue weighted by Gasteiger charge is 2.44. The first-order chi connectivity index (χ1) is 15.1. The maximum atomic E-state index is 13.2. The fourth-order valence-corrected chi connectivity index (χ4v) is 6.06. The molecule has 1 aliphatic heterocycles. The lowest BCUT2D eigenvalue weighted by Gasteiger charge is -2.42. The number of carbonyl (C=O) groups is 2. The lowest BCUT2D eigenvalue weighted by molar-refractivity contribution is -0.146. The number of hydrogen-bond donors (Lipinski definition) is 1. The first-order valence-electron chi connectivity index (χ1n) is 11.5. The van der Waals surface area contributed by atoms with Crippen LogP contribution < -0.4 is 0 Å². The van der Waals surface area contributed by atoms with E-state index in [4.69, 9.17) is 4.74 Å². The molecule has 162 valence electrons. The number of benzene rings is 2. The molecule has 0 spiro atoms. The molecule has 0 bridgehead atoms. The van der Waals surface area contributed by atoms with Crippen molar-refractivity contribution in [2.24, 2.45) is 11.8 Å². The number of nitrogens with zero attached hydrogens (tertiary/aromatic N) is 1. The Morgan fingerprint density at radius 3 is 2.13 bits per heavy atom. The van der Waals surface area contributed by atoms with Crippen LogP contribution >= 0.6 is 0 Å². The molecule has 2 aromatic carbocycles. The highest BCUT2D eigenvalue weighted by atomic mass is 16.6. The zero-order chi connectivity index (χ0) is 21.4. The minimum atomic E-state index is -0.784. The maximum absolute atomic E-state index is 13.2. The number of ether oxygens (including phenoxy) is 1. The number of likely N-dealkylation sites (tertiary alicyclic amines) is 1. The van der Waals surface area contributed by atoms with E-state index in [1.807, 2.05) is 24.3 Å². The molecule has 5 rings (SSSR count). The topological polar surface area (TPSA) is 66.8 Å². The molecule has 5 heteroatoms. The van der Waals surface area contributed by atoms with Gasteiger partial charge in [-0.1, -0.05) is 61.4 Å². The number of fused-ring (bicyclic) bond motifs is 3. The third kappa shape index (κ3) is 3.60. The summed E-state index contributed by atoms with van der Waals surface area (Å²) in [6.45, 7) is 0.861. The van der Waals surface area contributed by atoms with Gasteiger partial charge < -0.3 is 14.7 Å². The van der Waals surface area contributed by atoms with Crippen LogP contribution in [0.25, 0.3) is 11.1 Å². The Bertz CT molecular complexity index is 935. The van der Waals surface area contributed by atoms with Crippen LogP contribution in [-0.4, -0.2) is 41.3 Å². The van der Waals surface area contributed by atoms with E-state index in [1.54, 1.807) is 4.90 Å². The molecular weight excluding hydrogens is 390 g/mol. The van der Waals surface area contributed by atoms with Gasteiger partial charge in [0.15, 0.2) is 0 Å². The standard InChI is InChI=1S/C26H29NO4/c28-25(29)22-14-7-15-27(24(22)17-8-1-2-9-17)26(30)31-16-23-20-12-5-3-10-18(20)19-11-4-6-13-21(19)23/h3-6,10-13,17,22-24H,1-2,7-9,14-16H2,(H,28,29)/t22-,24-/m1/s1. The maximum Gasteiger partial charge on any atom is 0.410 e. The quantitative estimate of drug-likeness (QED) is 0.731. The first-order valence-corrected chi connectivity index (χ1v) is 11.5. The summed E-state index contributed by atoms with van der Waals surface area (Å²) in [6.07, 6.45) is 5.24. The molecule has 0 radical (unpaired) electrons. The van der Waals surface area contributed by atoms with Crippen LogP contribution in [0.3, 0.4) is 0 Å². The third-order valence-electron chi connectivity index (χ3n) is 7.46. The summed E-state index contributed by atoms with van der Waals surface area (Å²) < 4.78 is 5.89. The fraction of sp³-hybridized carbons (Fsp3) is 0.462. The van der Waals surface area contributed by atoms with Crippen LogP contribution in [0.2, 0.25) is 0 Å². The summed E-state index contributed by atoms with van der Waals surface area (Å²) in [4.78, 5) is 26.9. The second kappa shape index (κ2) is 8.37. The normalized spacial score (nSPS) is 23.4. The van der Waals surface area contributed by atoms with Crippen molar-refractivity contribution in [1.82, 2.24) is 4.90 Å². The fourth-order valence-electron chi connectivity index (χ4n) is 6.06. The van der Waals surface area contributed by atoms with Crippen molar-refractivity contribution in [3.8, 4) is 11.1 Å². The van der Waals surface area contributed by atoms with Gasteiger partial charge in [0.1, 0.15) is 6.61 Å². The van der Waals surface area contributed by atoms with E-state index in [0.717, 1.165) is 25.7 Å². The smallest absolute Gasteiger partial charge is 0.410 e. The SMILES string of the molecule is O=C(O)[C@@H]1CCCN(C(=O)OCC2c3ccccc3-c3ccccc32)[C@@H]1C1CCCC1. The van der Waals surface area contributed by atoms with Crippen LogP contribution in [0, 0.1) is 11.8 Å². The van der Waals surface area contributed by atoms with Crippen LogP contribution in [0.1, 0.15) is 55.6 Å². The van der Waals surface area contributed by atoms with E-state index in [-0.39, 0.29) is 30.6 Å². The zero-order valence-corrected chi connectivity index (χ0v) is 17.7. The van der Waals surface area contributed by atoms with Gasteiger partial charge in [-0.05, 0) is 53.9 Å². The summed E-state index contributed by atoms with van der Waals surface area (Å²) in [6, 6.07) is 16.3. The molecular formula is C26H29NO4. The molecule has 1 saturated carbocycles. The van der Waals surface area contributed by atoms with E-state index >= 15 is 0 Å². The lowest BCUT2D eigenvalue weighted by Crippen LogP contribution is -2.54. The highest BCUT2D eigenvalue weighted by molar-refractivity contribution is 5.79. The van der Waals surface area contributed by atoms with Crippen molar-refractivity contribution in [3.05, 3.63) is 59.7 Å². The molecule has 5 nitrogen and oxygen atoms in total. The van der Waals surface area contributed by atoms with Gasteiger partial charge in [-0.25, -0.2) is 4.79 Å². The monoisotopic (exact) mass is 419 g/mol. The predicted octanol–water partition coefficient (Wildman–Crippen LogP) is 5.29. The first kappa shape index (κ1) is 20.1. The second-order valence-corrected chi connectivity index (χ2v) is 9.12. The van der Waals surface area contributed by atoms with Crippen LogP contribution in [0.4, 0.5) is 4.79 Å². The lowest BCUT2D eigenvalue weighted by atomic mass is 9.80. The molecule has 2 aromatic rings. The average molecular weight is 420 g/mol. The van der Waals surface area contributed by atoms with Crippen molar-refractivity contribution >= 4 is 12.1 Å². The Kier molecular flexibility index (Phi) is 5.43. The molecule has 1 heterocycles. The Morgan fingerprint density at radius 1 is 0.903 bits per heavy atom. The number of amides is 1. The number of piperidine rings is 1. The molecule has 1 N–H and O–H groups in total. The number of hydrogen-bond acceptors (Lipinski definition) is 3.